The molecule has 1 rings (SSSR count). The number of carbonyl (C=O) groups excluding carboxylic acids is 3. The highest BCUT2D eigenvalue weighted by molar-refractivity contribution is 5.91. The van der Waals surface area contributed by atoms with E-state index in [4.69, 9.17) is 61.6 Å². The van der Waals surface area contributed by atoms with Gasteiger partial charge in [-0.15, -0.1) is 0 Å². The molecule has 0 radical (unpaired) electrons. The average molecular weight is 1140 g/mol. The summed E-state index contributed by atoms with van der Waals surface area (Å²) in [7, 11) is 1.64. The summed E-state index contributed by atoms with van der Waals surface area (Å²) < 4.78 is 71.3. The molecule has 1 aromatic rings. The second-order valence-corrected chi connectivity index (χ2v) is 19.9. The Morgan fingerprint density at radius 1 is 0.338 bits per heavy atom. The minimum atomic E-state index is -0.614. The number of unbranched alkanes of at least 4 members (excludes halogenated alkanes) is 22. The van der Waals surface area contributed by atoms with Gasteiger partial charge >= 0.3 is 17.9 Å². The van der Waals surface area contributed by atoms with Gasteiger partial charge in [-0.25, -0.2) is 4.79 Å². The van der Waals surface area contributed by atoms with Crippen LogP contribution in [0.5, 0.6) is 11.5 Å². The van der Waals surface area contributed by atoms with Crippen LogP contribution >= 0.6 is 0 Å². The molecule has 0 N–H and O–H groups in total. The van der Waals surface area contributed by atoms with Crippen LogP contribution in [0.1, 0.15) is 204 Å². The van der Waals surface area contributed by atoms with E-state index in [9.17, 15) is 14.4 Å². The van der Waals surface area contributed by atoms with Crippen molar-refractivity contribution in [1.29, 1.82) is 0 Å². The maximum absolute atomic E-state index is 13.1. The molecule has 0 aliphatic heterocycles. The minimum Gasteiger partial charge on any atom is -0.460 e. The number of ether oxygens (including phenoxy) is 13. The number of benzene rings is 1. The van der Waals surface area contributed by atoms with Gasteiger partial charge in [-0.3, -0.25) is 9.59 Å². The SMILES string of the molecule is CCCCCCCC/C=C\CCCCCCCC(=O)Oc1ccc(C(=O)OCCOCCOCCOCCOCCOCCOCCOCCOCCOCCOC)cc1OC(=O)CCCCCCC/C=C\CCCCCCCC. The molecule has 16 heteroatoms. The predicted molar refractivity (Wildman–Crippen MR) is 316 cm³/mol. The van der Waals surface area contributed by atoms with Crippen molar-refractivity contribution < 1.29 is 76.0 Å². The van der Waals surface area contributed by atoms with Gasteiger partial charge < -0.3 is 61.6 Å². The van der Waals surface area contributed by atoms with Crippen LogP contribution in [0.4, 0.5) is 0 Å². The van der Waals surface area contributed by atoms with Crippen LogP contribution in [0.15, 0.2) is 42.5 Å². The van der Waals surface area contributed by atoms with E-state index in [0.717, 1.165) is 64.2 Å². The number of hydrogen-bond donors (Lipinski definition) is 0. The molecule has 0 heterocycles. The minimum absolute atomic E-state index is 0.0124. The van der Waals surface area contributed by atoms with Crippen molar-refractivity contribution >= 4 is 17.9 Å². The standard InChI is InChI=1S/C64H112O16/c1-4-6-8-10-12-14-16-18-20-22-24-26-28-30-32-34-62(65)79-60-37-36-59(58-61(60)80-63(66)35-33-31-29-27-25-23-21-19-17-15-13-11-9-7-5-2)64(67)78-57-56-77-55-54-76-53-52-75-51-50-74-49-48-73-47-46-72-45-44-71-43-42-70-41-40-69-39-38-68-3/h18-21,36-37,58H,4-17,22-35,38-57H2,1-3H3/b20-18-,21-19-. The van der Waals surface area contributed by atoms with E-state index in [-0.39, 0.29) is 43.1 Å². The molecule has 0 aliphatic carbocycles. The third kappa shape index (κ3) is 52.8. The monoisotopic (exact) mass is 1140 g/mol. The van der Waals surface area contributed by atoms with Crippen molar-refractivity contribution in [3.63, 3.8) is 0 Å². The summed E-state index contributed by atoms with van der Waals surface area (Å²) >= 11 is 0. The first-order chi connectivity index (χ1) is 39.5. The van der Waals surface area contributed by atoms with Gasteiger partial charge in [0.2, 0.25) is 0 Å². The molecule has 0 bridgehead atoms. The molecule has 80 heavy (non-hydrogen) atoms. The van der Waals surface area contributed by atoms with Gasteiger partial charge in [0, 0.05) is 20.0 Å². The zero-order valence-corrected chi connectivity index (χ0v) is 50.5. The number of carbonyl (C=O) groups is 3. The van der Waals surface area contributed by atoms with Gasteiger partial charge in [-0.1, -0.05) is 141 Å². The van der Waals surface area contributed by atoms with Crippen molar-refractivity contribution in [3.8, 4) is 11.5 Å². The molecule has 464 valence electrons. The Hall–Kier alpha value is -3.29. The lowest BCUT2D eigenvalue weighted by Crippen LogP contribution is -2.16. The second kappa shape index (κ2) is 61.8. The van der Waals surface area contributed by atoms with Gasteiger partial charge in [-0.05, 0) is 82.4 Å². The lowest BCUT2D eigenvalue weighted by atomic mass is 10.1. The van der Waals surface area contributed by atoms with Crippen molar-refractivity contribution in [2.45, 2.75) is 194 Å². The Bertz CT molecular complexity index is 1570. The molecule has 0 aliphatic rings. The zero-order chi connectivity index (χ0) is 57.5. The predicted octanol–water partition coefficient (Wildman–Crippen LogP) is 13.5. The topological polar surface area (TPSA) is 171 Å². The summed E-state index contributed by atoms with van der Waals surface area (Å²) in [6.07, 6.45) is 40.0. The lowest BCUT2D eigenvalue weighted by Gasteiger charge is -2.13. The fourth-order valence-electron chi connectivity index (χ4n) is 8.11. The maximum Gasteiger partial charge on any atom is 0.338 e. The van der Waals surface area contributed by atoms with Crippen LogP contribution in [0, 0.1) is 0 Å². The van der Waals surface area contributed by atoms with Gasteiger partial charge in [0.25, 0.3) is 0 Å². The summed E-state index contributed by atoms with van der Waals surface area (Å²) in [5.41, 5.74) is 0.169. The van der Waals surface area contributed by atoms with E-state index >= 15 is 0 Å². The fraction of sp³-hybridized carbons (Fsp3) is 0.797. The van der Waals surface area contributed by atoms with Gasteiger partial charge in [0.1, 0.15) is 6.61 Å². The highest BCUT2D eigenvalue weighted by Gasteiger charge is 2.18. The van der Waals surface area contributed by atoms with Crippen molar-refractivity contribution in [3.05, 3.63) is 48.1 Å². The third-order valence-electron chi connectivity index (χ3n) is 12.8. The Balaban J connectivity index is 2.30. The van der Waals surface area contributed by atoms with Crippen molar-refractivity contribution in [1.82, 2.24) is 0 Å². The number of methoxy groups -OCH3 is 1. The van der Waals surface area contributed by atoms with Crippen LogP contribution in [0.2, 0.25) is 0 Å². The molecule has 0 spiro atoms. The largest absolute Gasteiger partial charge is 0.460 e. The highest BCUT2D eigenvalue weighted by atomic mass is 16.6. The lowest BCUT2D eigenvalue weighted by molar-refractivity contribution is -0.137. The molecule has 0 aromatic heterocycles. The number of rotatable bonds is 63. The van der Waals surface area contributed by atoms with Crippen LogP contribution in [0.3, 0.4) is 0 Å². The first-order valence-electron chi connectivity index (χ1n) is 31.2. The summed E-state index contributed by atoms with van der Waals surface area (Å²) in [4.78, 5) is 39.1. The van der Waals surface area contributed by atoms with Crippen LogP contribution in [-0.2, 0) is 61.7 Å². The molecule has 0 atom stereocenters. The Morgan fingerprint density at radius 3 is 0.963 bits per heavy atom. The van der Waals surface area contributed by atoms with Crippen LogP contribution in [-0.4, -0.2) is 157 Å². The molecular formula is C64H112O16. The van der Waals surface area contributed by atoms with E-state index in [1.165, 1.54) is 108 Å². The average Bonchev–Trinajstić information content (AvgIpc) is 3.48. The van der Waals surface area contributed by atoms with Crippen molar-refractivity contribution in [2.24, 2.45) is 0 Å². The molecule has 0 amide bonds. The van der Waals surface area contributed by atoms with E-state index < -0.39 is 17.9 Å². The maximum atomic E-state index is 13.1. The second-order valence-electron chi connectivity index (χ2n) is 19.9. The third-order valence-corrected chi connectivity index (χ3v) is 12.8. The summed E-state index contributed by atoms with van der Waals surface area (Å²) in [6, 6.07) is 4.40. The fourth-order valence-corrected chi connectivity index (χ4v) is 8.11. The Morgan fingerprint density at radius 2 is 0.625 bits per heavy atom. The van der Waals surface area contributed by atoms with Gasteiger partial charge in [0.05, 0.1) is 131 Å². The van der Waals surface area contributed by atoms with E-state index in [1.807, 2.05) is 0 Å². The quantitative estimate of drug-likeness (QED) is 0.0261. The van der Waals surface area contributed by atoms with Crippen molar-refractivity contribution in [2.75, 3.05) is 139 Å². The molecular weight excluding hydrogens is 1020 g/mol. The van der Waals surface area contributed by atoms with E-state index in [1.54, 1.807) is 7.11 Å². The first-order valence-corrected chi connectivity index (χ1v) is 31.2. The normalized spacial score (nSPS) is 11.6. The van der Waals surface area contributed by atoms with Gasteiger partial charge in [-0.2, -0.15) is 0 Å². The number of esters is 3. The summed E-state index contributed by atoms with van der Waals surface area (Å²) in [6.45, 7) is 13.2. The highest BCUT2D eigenvalue weighted by Crippen LogP contribution is 2.30. The van der Waals surface area contributed by atoms with Crippen LogP contribution in [0.25, 0.3) is 0 Å². The molecule has 0 unspecified atom stereocenters. The molecule has 1 aromatic carbocycles. The summed E-state index contributed by atoms with van der Waals surface area (Å²) in [5.74, 6) is -1.33. The molecule has 16 nitrogen and oxygen atoms in total. The summed E-state index contributed by atoms with van der Waals surface area (Å²) in [5, 5.41) is 0. The molecule has 0 saturated heterocycles. The zero-order valence-electron chi connectivity index (χ0n) is 50.5. The van der Waals surface area contributed by atoms with E-state index in [0.29, 0.717) is 132 Å². The smallest absolute Gasteiger partial charge is 0.338 e. The first kappa shape index (κ1) is 74.7. The van der Waals surface area contributed by atoms with Crippen LogP contribution < -0.4 is 9.47 Å². The van der Waals surface area contributed by atoms with E-state index in [2.05, 4.69) is 38.2 Å². The Kier molecular flexibility index (Phi) is 57.7. The molecule has 0 fully saturated rings. The number of allylic oxidation sites excluding steroid dienone is 4. The number of hydrogen-bond acceptors (Lipinski definition) is 16. The Labute approximate surface area is 484 Å². The van der Waals surface area contributed by atoms with Gasteiger partial charge in [0.15, 0.2) is 11.5 Å². The molecule has 0 saturated carbocycles.